The number of halogens is 1. The Morgan fingerprint density at radius 1 is 1.32 bits per heavy atom. The average molecular weight is 319 g/mol. The summed E-state index contributed by atoms with van der Waals surface area (Å²) in [5.74, 6) is 1.39. The van der Waals surface area contributed by atoms with E-state index >= 15 is 0 Å². The second-order valence-electron chi connectivity index (χ2n) is 5.13. The lowest BCUT2D eigenvalue weighted by atomic mass is 10.1. The molecule has 1 aromatic heterocycles. The zero-order valence-electron chi connectivity index (χ0n) is 12.7. The second-order valence-corrected chi connectivity index (χ2v) is 5.57. The summed E-state index contributed by atoms with van der Waals surface area (Å²) in [6, 6.07) is 9.36. The smallest absolute Gasteiger partial charge is 0.220 e. The molecule has 22 heavy (non-hydrogen) atoms. The molecule has 1 heterocycles. The van der Waals surface area contributed by atoms with Crippen LogP contribution in [0, 0.1) is 0 Å². The molecule has 0 bridgehead atoms. The third kappa shape index (κ3) is 5.00. The maximum Gasteiger partial charge on any atom is 0.220 e. The maximum atomic E-state index is 11.9. The number of nitrogens with one attached hydrogen (secondary N) is 1. The van der Waals surface area contributed by atoms with E-state index in [0.717, 1.165) is 11.4 Å². The Hall–Kier alpha value is -2.14. The van der Waals surface area contributed by atoms with Crippen LogP contribution in [0.5, 0.6) is 0 Å². The first-order chi connectivity index (χ1) is 10.5. The number of rotatable bonds is 6. The molecule has 0 aliphatic rings. The fourth-order valence-electron chi connectivity index (χ4n) is 1.94. The summed E-state index contributed by atoms with van der Waals surface area (Å²) in [5, 5.41) is 3.52. The molecule has 1 amide bonds. The molecule has 0 saturated heterocycles. The number of aryl methyl sites for hydroxylation is 1. The van der Waals surface area contributed by atoms with Crippen molar-refractivity contribution in [1.29, 1.82) is 0 Å². The predicted octanol–water partition coefficient (Wildman–Crippen LogP) is 2.45. The largest absolute Gasteiger partial charge is 0.363 e. The number of nitrogens with zero attached hydrogens (tertiary/aromatic N) is 3. The van der Waals surface area contributed by atoms with Crippen molar-refractivity contribution in [2.75, 3.05) is 19.0 Å². The Labute approximate surface area is 135 Å². The lowest BCUT2D eigenvalue weighted by Crippen LogP contribution is -2.24. The van der Waals surface area contributed by atoms with Crippen LogP contribution < -0.4 is 10.2 Å². The number of hydrogen-bond donors (Lipinski definition) is 1. The standard InChI is InChI=1S/C16H19ClN4O/c1-21(2)15-8-9-18-14(20-15)11-19-16(22)7-6-12-4-3-5-13(17)10-12/h3-5,8-10H,6-7,11H2,1-2H3,(H,19,22). The van der Waals surface area contributed by atoms with Gasteiger partial charge in [-0.3, -0.25) is 4.79 Å². The Morgan fingerprint density at radius 2 is 2.14 bits per heavy atom. The molecule has 0 atom stereocenters. The highest BCUT2D eigenvalue weighted by Crippen LogP contribution is 2.12. The lowest BCUT2D eigenvalue weighted by molar-refractivity contribution is -0.121. The third-order valence-electron chi connectivity index (χ3n) is 3.12. The van der Waals surface area contributed by atoms with E-state index in [-0.39, 0.29) is 5.91 Å². The van der Waals surface area contributed by atoms with E-state index in [1.807, 2.05) is 49.3 Å². The Bertz CT molecular complexity index is 646. The fourth-order valence-corrected chi connectivity index (χ4v) is 2.15. The van der Waals surface area contributed by atoms with Crippen LogP contribution in [0.25, 0.3) is 0 Å². The number of carbonyl (C=O) groups excluding carboxylic acids is 1. The highest BCUT2D eigenvalue weighted by Gasteiger charge is 2.05. The van der Waals surface area contributed by atoms with Crippen LogP contribution in [0.2, 0.25) is 5.02 Å². The van der Waals surface area contributed by atoms with Crippen LogP contribution in [0.15, 0.2) is 36.5 Å². The van der Waals surface area contributed by atoms with Crippen LogP contribution >= 0.6 is 11.6 Å². The SMILES string of the molecule is CN(C)c1ccnc(CNC(=O)CCc2cccc(Cl)c2)n1. The molecular weight excluding hydrogens is 300 g/mol. The summed E-state index contributed by atoms with van der Waals surface area (Å²) in [5.41, 5.74) is 1.05. The van der Waals surface area contributed by atoms with Gasteiger partial charge in [0.05, 0.1) is 6.54 Å². The van der Waals surface area contributed by atoms with E-state index in [9.17, 15) is 4.79 Å². The molecule has 0 aliphatic heterocycles. The first-order valence-electron chi connectivity index (χ1n) is 7.05. The number of carbonyl (C=O) groups is 1. The highest BCUT2D eigenvalue weighted by molar-refractivity contribution is 6.30. The molecule has 1 N–H and O–H groups in total. The summed E-state index contributed by atoms with van der Waals surface area (Å²) < 4.78 is 0. The van der Waals surface area contributed by atoms with Crippen molar-refractivity contribution in [1.82, 2.24) is 15.3 Å². The summed E-state index contributed by atoms with van der Waals surface area (Å²) in [6.07, 6.45) is 2.76. The van der Waals surface area contributed by atoms with Gasteiger partial charge in [0.25, 0.3) is 0 Å². The van der Waals surface area contributed by atoms with Crippen LogP contribution in [-0.4, -0.2) is 30.0 Å². The molecule has 0 spiro atoms. The zero-order chi connectivity index (χ0) is 15.9. The van der Waals surface area contributed by atoms with Crippen molar-refractivity contribution >= 4 is 23.3 Å². The summed E-state index contributed by atoms with van der Waals surface area (Å²) in [6.45, 7) is 0.329. The van der Waals surface area contributed by atoms with Crippen LogP contribution in [0.4, 0.5) is 5.82 Å². The minimum atomic E-state index is -0.0289. The van der Waals surface area contributed by atoms with E-state index in [1.54, 1.807) is 6.20 Å². The van der Waals surface area contributed by atoms with Gasteiger partial charge in [0.1, 0.15) is 11.6 Å². The number of benzene rings is 1. The molecule has 5 nitrogen and oxygen atoms in total. The second kappa shape index (κ2) is 7.75. The van der Waals surface area contributed by atoms with Crippen molar-refractivity contribution in [3.8, 4) is 0 Å². The van der Waals surface area contributed by atoms with Crippen molar-refractivity contribution in [3.63, 3.8) is 0 Å². The molecule has 0 radical (unpaired) electrons. The summed E-state index contributed by atoms with van der Waals surface area (Å²) in [4.78, 5) is 22.3. The lowest BCUT2D eigenvalue weighted by Gasteiger charge is -2.11. The fraction of sp³-hybridized carbons (Fsp3) is 0.312. The van der Waals surface area contributed by atoms with Gasteiger partial charge < -0.3 is 10.2 Å². The van der Waals surface area contributed by atoms with Gasteiger partial charge in [0.15, 0.2) is 0 Å². The molecule has 2 rings (SSSR count). The molecule has 1 aromatic carbocycles. The minimum Gasteiger partial charge on any atom is -0.363 e. The number of anilines is 1. The van der Waals surface area contributed by atoms with E-state index < -0.39 is 0 Å². The third-order valence-corrected chi connectivity index (χ3v) is 3.36. The van der Waals surface area contributed by atoms with E-state index in [1.165, 1.54) is 0 Å². The van der Waals surface area contributed by atoms with Gasteiger partial charge in [-0.1, -0.05) is 23.7 Å². The van der Waals surface area contributed by atoms with Gasteiger partial charge >= 0.3 is 0 Å². The maximum absolute atomic E-state index is 11.9. The topological polar surface area (TPSA) is 58.1 Å². The first kappa shape index (κ1) is 16.2. The van der Waals surface area contributed by atoms with Crippen LogP contribution in [-0.2, 0) is 17.8 Å². The molecule has 116 valence electrons. The van der Waals surface area contributed by atoms with Crippen molar-refractivity contribution in [3.05, 3.63) is 52.9 Å². The highest BCUT2D eigenvalue weighted by atomic mass is 35.5. The normalized spacial score (nSPS) is 10.3. The van der Waals surface area contributed by atoms with Crippen LogP contribution in [0.3, 0.4) is 0 Å². The van der Waals surface area contributed by atoms with Crippen molar-refractivity contribution in [2.45, 2.75) is 19.4 Å². The van der Waals surface area contributed by atoms with E-state index in [0.29, 0.717) is 30.2 Å². The van der Waals surface area contributed by atoms with Gasteiger partial charge in [-0.25, -0.2) is 9.97 Å². The monoisotopic (exact) mass is 318 g/mol. The molecule has 6 heteroatoms. The molecule has 2 aromatic rings. The van der Waals surface area contributed by atoms with Crippen molar-refractivity contribution < 1.29 is 4.79 Å². The summed E-state index contributed by atoms with van der Waals surface area (Å²) >= 11 is 5.92. The Balaban J connectivity index is 1.81. The number of amides is 1. The number of hydrogen-bond acceptors (Lipinski definition) is 4. The van der Waals surface area contributed by atoms with E-state index in [4.69, 9.17) is 11.6 Å². The molecular formula is C16H19ClN4O. The number of aromatic nitrogens is 2. The minimum absolute atomic E-state index is 0.0289. The van der Waals surface area contributed by atoms with Crippen LogP contribution in [0.1, 0.15) is 17.8 Å². The predicted molar refractivity (Wildman–Crippen MR) is 88.0 cm³/mol. The quantitative estimate of drug-likeness (QED) is 0.889. The van der Waals surface area contributed by atoms with Gasteiger partial charge in [0, 0.05) is 31.7 Å². The Kier molecular flexibility index (Phi) is 5.72. The average Bonchev–Trinajstić information content (AvgIpc) is 2.51. The van der Waals surface area contributed by atoms with Gasteiger partial charge in [0.2, 0.25) is 5.91 Å². The Morgan fingerprint density at radius 3 is 2.86 bits per heavy atom. The molecule has 0 saturated carbocycles. The van der Waals surface area contributed by atoms with Gasteiger partial charge in [-0.15, -0.1) is 0 Å². The molecule has 0 aliphatic carbocycles. The molecule has 0 fully saturated rings. The first-order valence-corrected chi connectivity index (χ1v) is 7.43. The zero-order valence-corrected chi connectivity index (χ0v) is 13.5. The summed E-state index contributed by atoms with van der Waals surface area (Å²) in [7, 11) is 3.82. The molecule has 0 unspecified atom stereocenters. The van der Waals surface area contributed by atoms with Crippen molar-refractivity contribution in [2.24, 2.45) is 0 Å². The van der Waals surface area contributed by atoms with Gasteiger partial charge in [-0.05, 0) is 30.2 Å². The van der Waals surface area contributed by atoms with E-state index in [2.05, 4.69) is 15.3 Å². The van der Waals surface area contributed by atoms with Gasteiger partial charge in [-0.2, -0.15) is 0 Å².